The molecular formula is C10H18O3S. The van der Waals surface area contributed by atoms with Gasteiger partial charge >= 0.3 is 0 Å². The smallest absolute Gasteiger partial charge is 0.159 e. The SMILES string of the molecule is OCC1COC(CC2CCCCS2)O1. The molecule has 82 valence electrons. The molecule has 2 heterocycles. The molecule has 0 bridgehead atoms. The Kier molecular flexibility index (Phi) is 4.10. The van der Waals surface area contributed by atoms with E-state index in [4.69, 9.17) is 14.6 Å². The second-order valence-electron chi connectivity index (χ2n) is 3.93. The van der Waals surface area contributed by atoms with Crippen molar-refractivity contribution in [2.24, 2.45) is 0 Å². The van der Waals surface area contributed by atoms with E-state index in [-0.39, 0.29) is 19.0 Å². The number of thioether (sulfide) groups is 1. The van der Waals surface area contributed by atoms with E-state index in [1.807, 2.05) is 11.8 Å². The van der Waals surface area contributed by atoms with Crippen molar-refractivity contribution in [1.82, 2.24) is 0 Å². The van der Waals surface area contributed by atoms with Crippen LogP contribution in [0.4, 0.5) is 0 Å². The molecule has 0 aromatic rings. The van der Waals surface area contributed by atoms with Crippen molar-refractivity contribution in [2.75, 3.05) is 19.0 Å². The molecule has 2 saturated heterocycles. The summed E-state index contributed by atoms with van der Waals surface area (Å²) in [6.07, 6.45) is 4.82. The molecule has 2 aliphatic heterocycles. The van der Waals surface area contributed by atoms with Gasteiger partial charge in [0, 0.05) is 11.7 Å². The van der Waals surface area contributed by atoms with Gasteiger partial charge < -0.3 is 14.6 Å². The van der Waals surface area contributed by atoms with Gasteiger partial charge in [0.15, 0.2) is 6.29 Å². The molecule has 14 heavy (non-hydrogen) atoms. The zero-order valence-corrected chi connectivity index (χ0v) is 9.17. The van der Waals surface area contributed by atoms with Crippen LogP contribution in [0.15, 0.2) is 0 Å². The van der Waals surface area contributed by atoms with Gasteiger partial charge in [-0.3, -0.25) is 0 Å². The number of aliphatic hydroxyl groups is 1. The van der Waals surface area contributed by atoms with Crippen molar-refractivity contribution in [3.05, 3.63) is 0 Å². The minimum Gasteiger partial charge on any atom is -0.394 e. The minimum atomic E-state index is -0.0893. The van der Waals surface area contributed by atoms with E-state index < -0.39 is 0 Å². The van der Waals surface area contributed by atoms with Crippen LogP contribution in [0.2, 0.25) is 0 Å². The standard InChI is InChI=1S/C10H18O3S/c11-6-8-7-12-10(13-8)5-9-3-1-2-4-14-9/h8-11H,1-7H2. The molecule has 2 fully saturated rings. The quantitative estimate of drug-likeness (QED) is 0.777. The summed E-state index contributed by atoms with van der Waals surface area (Å²) in [5, 5.41) is 9.58. The maximum atomic E-state index is 8.88. The molecule has 2 rings (SSSR count). The van der Waals surface area contributed by atoms with Gasteiger partial charge in [0.1, 0.15) is 6.10 Å². The first-order chi connectivity index (χ1) is 6.88. The maximum absolute atomic E-state index is 8.88. The zero-order valence-electron chi connectivity index (χ0n) is 8.35. The summed E-state index contributed by atoms with van der Waals surface area (Å²) in [4.78, 5) is 0. The van der Waals surface area contributed by atoms with Gasteiger partial charge in [0.05, 0.1) is 13.2 Å². The van der Waals surface area contributed by atoms with E-state index in [1.54, 1.807) is 0 Å². The van der Waals surface area contributed by atoms with Crippen molar-refractivity contribution in [2.45, 2.75) is 43.3 Å². The van der Waals surface area contributed by atoms with Crippen LogP contribution < -0.4 is 0 Å². The van der Waals surface area contributed by atoms with E-state index in [9.17, 15) is 0 Å². The summed E-state index contributed by atoms with van der Waals surface area (Å²) in [7, 11) is 0. The minimum absolute atomic E-state index is 0.0669. The zero-order chi connectivity index (χ0) is 9.80. The fraction of sp³-hybridized carbons (Fsp3) is 1.00. The lowest BCUT2D eigenvalue weighted by atomic mass is 10.1. The Morgan fingerprint density at radius 3 is 2.93 bits per heavy atom. The monoisotopic (exact) mass is 218 g/mol. The molecule has 4 heteroatoms. The Morgan fingerprint density at radius 1 is 1.36 bits per heavy atom. The Hall–Kier alpha value is 0.230. The van der Waals surface area contributed by atoms with E-state index in [0.717, 1.165) is 6.42 Å². The molecule has 0 aromatic carbocycles. The van der Waals surface area contributed by atoms with Crippen LogP contribution in [0.25, 0.3) is 0 Å². The Labute approximate surface area is 89.2 Å². The van der Waals surface area contributed by atoms with Crippen LogP contribution in [-0.2, 0) is 9.47 Å². The number of ether oxygens (including phenoxy) is 2. The molecule has 2 aliphatic rings. The lowest BCUT2D eigenvalue weighted by molar-refractivity contribution is -0.0692. The highest BCUT2D eigenvalue weighted by Gasteiger charge is 2.28. The van der Waals surface area contributed by atoms with Crippen LogP contribution in [0.1, 0.15) is 25.7 Å². The van der Waals surface area contributed by atoms with Gasteiger partial charge in [-0.25, -0.2) is 0 Å². The summed E-state index contributed by atoms with van der Waals surface area (Å²) < 4.78 is 11.0. The third kappa shape index (κ3) is 2.86. The highest BCUT2D eigenvalue weighted by molar-refractivity contribution is 7.99. The Balaban J connectivity index is 1.69. The van der Waals surface area contributed by atoms with E-state index >= 15 is 0 Å². The van der Waals surface area contributed by atoms with Crippen molar-refractivity contribution in [1.29, 1.82) is 0 Å². The lowest BCUT2D eigenvalue weighted by Gasteiger charge is -2.23. The predicted molar refractivity (Wildman–Crippen MR) is 56.4 cm³/mol. The molecule has 3 atom stereocenters. The molecule has 1 N–H and O–H groups in total. The van der Waals surface area contributed by atoms with E-state index in [1.165, 1.54) is 25.0 Å². The molecule has 0 saturated carbocycles. The van der Waals surface area contributed by atoms with Crippen molar-refractivity contribution < 1.29 is 14.6 Å². The Morgan fingerprint density at radius 2 is 2.29 bits per heavy atom. The number of rotatable bonds is 3. The van der Waals surface area contributed by atoms with Crippen molar-refractivity contribution in [3.8, 4) is 0 Å². The second kappa shape index (κ2) is 5.35. The van der Waals surface area contributed by atoms with Gasteiger partial charge in [-0.2, -0.15) is 11.8 Å². The van der Waals surface area contributed by atoms with Crippen LogP contribution in [0.5, 0.6) is 0 Å². The molecule has 3 nitrogen and oxygen atoms in total. The Bertz CT molecular complexity index is 171. The maximum Gasteiger partial charge on any atom is 0.159 e. The van der Waals surface area contributed by atoms with Crippen LogP contribution in [-0.4, -0.2) is 41.7 Å². The summed E-state index contributed by atoms with van der Waals surface area (Å²) >= 11 is 2.04. The van der Waals surface area contributed by atoms with Crippen molar-refractivity contribution in [3.63, 3.8) is 0 Å². The first-order valence-electron chi connectivity index (χ1n) is 5.38. The fourth-order valence-corrected chi connectivity index (χ4v) is 3.27. The summed E-state index contributed by atoms with van der Waals surface area (Å²) in [5.74, 6) is 1.28. The van der Waals surface area contributed by atoms with E-state index in [0.29, 0.717) is 11.9 Å². The first-order valence-corrected chi connectivity index (χ1v) is 6.43. The molecule has 0 aromatic heterocycles. The molecule has 0 aliphatic carbocycles. The predicted octanol–water partition coefficient (Wildman–Crippen LogP) is 1.40. The number of hydrogen-bond donors (Lipinski definition) is 1. The van der Waals surface area contributed by atoms with Gasteiger partial charge in [-0.1, -0.05) is 6.42 Å². The largest absolute Gasteiger partial charge is 0.394 e. The van der Waals surface area contributed by atoms with Crippen LogP contribution >= 0.6 is 11.8 Å². The summed E-state index contributed by atoms with van der Waals surface area (Å²) in [5.41, 5.74) is 0. The average molecular weight is 218 g/mol. The normalized spacial score (nSPS) is 38.8. The van der Waals surface area contributed by atoms with Gasteiger partial charge in [0.25, 0.3) is 0 Å². The third-order valence-corrected chi connectivity index (χ3v) is 4.17. The van der Waals surface area contributed by atoms with Gasteiger partial charge in [-0.15, -0.1) is 0 Å². The van der Waals surface area contributed by atoms with Crippen LogP contribution in [0, 0.1) is 0 Å². The summed E-state index contributed by atoms with van der Waals surface area (Å²) in [6, 6.07) is 0. The number of aliphatic hydroxyl groups excluding tert-OH is 1. The number of hydrogen-bond acceptors (Lipinski definition) is 4. The molecule has 0 radical (unpaired) electrons. The first kappa shape index (κ1) is 10.7. The molecular weight excluding hydrogens is 200 g/mol. The van der Waals surface area contributed by atoms with Gasteiger partial charge in [0.2, 0.25) is 0 Å². The average Bonchev–Trinajstić information content (AvgIpc) is 2.67. The highest BCUT2D eigenvalue weighted by atomic mass is 32.2. The van der Waals surface area contributed by atoms with Crippen molar-refractivity contribution >= 4 is 11.8 Å². The van der Waals surface area contributed by atoms with Gasteiger partial charge in [-0.05, 0) is 18.6 Å². The second-order valence-corrected chi connectivity index (χ2v) is 5.34. The van der Waals surface area contributed by atoms with E-state index in [2.05, 4.69) is 0 Å². The molecule has 3 unspecified atom stereocenters. The third-order valence-electron chi connectivity index (χ3n) is 2.75. The fourth-order valence-electron chi connectivity index (χ4n) is 1.94. The molecule has 0 spiro atoms. The lowest BCUT2D eigenvalue weighted by Crippen LogP contribution is -2.21. The highest BCUT2D eigenvalue weighted by Crippen LogP contribution is 2.30. The van der Waals surface area contributed by atoms with Crippen LogP contribution in [0.3, 0.4) is 0 Å². The topological polar surface area (TPSA) is 38.7 Å². The summed E-state index contributed by atoms with van der Waals surface area (Å²) in [6.45, 7) is 0.632. The molecule has 0 amide bonds.